The maximum Gasteiger partial charge on any atom is 0.349 e. The van der Waals surface area contributed by atoms with Gasteiger partial charge in [-0.2, -0.15) is 8.78 Å². The number of carbonyl (C=O) groups is 1. The average Bonchev–Trinajstić information content (AvgIpc) is 3.59. The van der Waals surface area contributed by atoms with E-state index in [9.17, 15) is 35.9 Å². The van der Waals surface area contributed by atoms with E-state index in [1.165, 1.54) is 12.1 Å². The van der Waals surface area contributed by atoms with Crippen LogP contribution in [-0.4, -0.2) is 11.0 Å². The Morgan fingerprint density at radius 2 is 1.50 bits per heavy atom. The number of nitrogens with one attached hydrogen (secondary N) is 1. The van der Waals surface area contributed by atoms with Crippen LogP contribution >= 0.6 is 0 Å². The monoisotopic (exact) mass is 425 g/mol. The standard InChI is InChI=1S/C20H9F6NO3/c21-10-9(20-4-7(20)5-20)2-1-6-3-8(18(28)27-16(6)10)19(29)30-17-14(25)12(23)11(22)13(24)15(17)26/h1-3,7H,4-5H2,(H,27,28). The van der Waals surface area contributed by atoms with Crippen LogP contribution in [0.5, 0.6) is 5.75 Å². The number of rotatable bonds is 3. The molecule has 0 bridgehead atoms. The Morgan fingerprint density at radius 1 is 0.933 bits per heavy atom. The molecule has 5 rings (SSSR count). The van der Waals surface area contributed by atoms with Crippen molar-refractivity contribution in [3.8, 4) is 5.75 Å². The van der Waals surface area contributed by atoms with E-state index >= 15 is 0 Å². The summed E-state index contributed by atoms with van der Waals surface area (Å²) in [5.41, 5.74) is -1.82. The zero-order valence-corrected chi connectivity index (χ0v) is 14.7. The lowest BCUT2D eigenvalue weighted by molar-refractivity contribution is 0.0714. The van der Waals surface area contributed by atoms with Gasteiger partial charge in [0.05, 0.1) is 5.52 Å². The highest BCUT2D eigenvalue weighted by molar-refractivity contribution is 5.95. The third-order valence-corrected chi connectivity index (χ3v) is 5.76. The number of benzene rings is 2. The summed E-state index contributed by atoms with van der Waals surface area (Å²) in [6.45, 7) is 0. The number of esters is 1. The van der Waals surface area contributed by atoms with Crippen molar-refractivity contribution in [3.05, 3.63) is 74.6 Å². The van der Waals surface area contributed by atoms with Crippen molar-refractivity contribution in [1.29, 1.82) is 0 Å². The summed E-state index contributed by atoms with van der Waals surface area (Å²) in [6.07, 6.45) is 1.73. The molecule has 10 heteroatoms. The summed E-state index contributed by atoms with van der Waals surface area (Å²) in [7, 11) is 0. The second-order valence-corrected chi connectivity index (χ2v) is 7.45. The number of carbonyl (C=O) groups excluding carboxylic acids is 1. The Morgan fingerprint density at radius 3 is 2.07 bits per heavy atom. The summed E-state index contributed by atoms with van der Waals surface area (Å²) >= 11 is 0. The fourth-order valence-electron chi connectivity index (χ4n) is 3.74. The number of fused-ring (bicyclic) bond motifs is 2. The number of halogens is 6. The Hall–Kier alpha value is -3.30. The Labute approximate surface area is 163 Å². The molecule has 2 aliphatic carbocycles. The molecule has 1 heterocycles. The smallest absolute Gasteiger partial charge is 0.349 e. The SMILES string of the molecule is O=C(Oc1c(F)c(F)c(F)c(F)c1F)c1cc2ccc(C34CC3C4)c(F)c2[nH]c1=O. The minimum absolute atomic E-state index is 0.0921. The first-order valence-corrected chi connectivity index (χ1v) is 8.75. The minimum atomic E-state index is -2.42. The number of aromatic nitrogens is 1. The van der Waals surface area contributed by atoms with Crippen LogP contribution < -0.4 is 10.3 Å². The highest BCUT2D eigenvalue weighted by Gasteiger charge is 2.71. The van der Waals surface area contributed by atoms with E-state index in [1.807, 2.05) is 0 Å². The summed E-state index contributed by atoms with van der Waals surface area (Å²) < 4.78 is 86.2. The quantitative estimate of drug-likeness (QED) is 0.225. The van der Waals surface area contributed by atoms with Gasteiger partial charge in [0, 0.05) is 10.8 Å². The van der Waals surface area contributed by atoms with Crippen LogP contribution in [0.25, 0.3) is 10.9 Å². The Kier molecular flexibility index (Phi) is 3.66. The van der Waals surface area contributed by atoms with Gasteiger partial charge in [0.1, 0.15) is 5.56 Å². The van der Waals surface area contributed by atoms with Gasteiger partial charge >= 0.3 is 5.97 Å². The molecule has 2 aliphatic rings. The molecular formula is C20H9F6NO3. The van der Waals surface area contributed by atoms with Gasteiger partial charge in [-0.25, -0.2) is 22.4 Å². The Bertz CT molecular complexity index is 1310. The lowest BCUT2D eigenvalue weighted by atomic mass is 10.00. The molecule has 0 unspecified atom stereocenters. The van der Waals surface area contributed by atoms with Crippen LogP contribution in [0.2, 0.25) is 0 Å². The van der Waals surface area contributed by atoms with E-state index in [2.05, 4.69) is 9.72 Å². The van der Waals surface area contributed by atoms with Crippen LogP contribution in [0, 0.1) is 40.8 Å². The van der Waals surface area contributed by atoms with E-state index in [0.29, 0.717) is 11.5 Å². The topological polar surface area (TPSA) is 59.2 Å². The highest BCUT2D eigenvalue weighted by Crippen LogP contribution is 2.75. The van der Waals surface area contributed by atoms with E-state index < -0.39 is 57.7 Å². The maximum atomic E-state index is 14.8. The molecule has 0 aliphatic heterocycles. The minimum Gasteiger partial charge on any atom is -0.416 e. The van der Waals surface area contributed by atoms with Gasteiger partial charge in [0.2, 0.25) is 34.8 Å². The van der Waals surface area contributed by atoms with Gasteiger partial charge in [-0.05, 0) is 30.4 Å². The highest BCUT2D eigenvalue weighted by atomic mass is 19.2. The number of hydrogen-bond acceptors (Lipinski definition) is 3. The average molecular weight is 425 g/mol. The largest absolute Gasteiger partial charge is 0.416 e. The van der Waals surface area contributed by atoms with Crippen molar-refractivity contribution in [1.82, 2.24) is 4.98 Å². The molecular weight excluding hydrogens is 416 g/mol. The molecule has 154 valence electrons. The molecule has 3 aromatic rings. The number of ether oxygens (including phenoxy) is 1. The van der Waals surface area contributed by atoms with Crippen molar-refractivity contribution in [3.63, 3.8) is 0 Å². The number of pyridine rings is 1. The molecule has 1 aromatic heterocycles. The zero-order valence-electron chi connectivity index (χ0n) is 14.7. The molecule has 2 saturated carbocycles. The van der Waals surface area contributed by atoms with Crippen molar-refractivity contribution in [2.75, 3.05) is 0 Å². The van der Waals surface area contributed by atoms with Crippen LogP contribution in [0.1, 0.15) is 28.8 Å². The number of aromatic amines is 1. The molecule has 0 atom stereocenters. The van der Waals surface area contributed by atoms with E-state index in [4.69, 9.17) is 0 Å². The van der Waals surface area contributed by atoms with Crippen LogP contribution in [0.4, 0.5) is 26.3 Å². The van der Waals surface area contributed by atoms with Crippen molar-refractivity contribution < 1.29 is 35.9 Å². The molecule has 4 nitrogen and oxygen atoms in total. The summed E-state index contributed by atoms with van der Waals surface area (Å²) in [4.78, 5) is 26.6. The third-order valence-electron chi connectivity index (χ3n) is 5.76. The van der Waals surface area contributed by atoms with Crippen LogP contribution in [-0.2, 0) is 5.41 Å². The van der Waals surface area contributed by atoms with Gasteiger partial charge in [-0.15, -0.1) is 0 Å². The fourth-order valence-corrected chi connectivity index (χ4v) is 3.74. The summed E-state index contributed by atoms with van der Waals surface area (Å²) in [5, 5.41) is 0.0921. The number of hydrogen-bond donors (Lipinski definition) is 1. The summed E-state index contributed by atoms with van der Waals surface area (Å²) in [6, 6.07) is 3.91. The molecule has 2 aromatic carbocycles. The van der Waals surface area contributed by atoms with Gasteiger partial charge in [0.15, 0.2) is 5.82 Å². The van der Waals surface area contributed by atoms with E-state index in [-0.39, 0.29) is 16.3 Å². The van der Waals surface area contributed by atoms with Crippen LogP contribution in [0.3, 0.4) is 0 Å². The van der Waals surface area contributed by atoms with Crippen LogP contribution in [0.15, 0.2) is 23.0 Å². The van der Waals surface area contributed by atoms with Crippen molar-refractivity contribution >= 4 is 16.9 Å². The second-order valence-electron chi connectivity index (χ2n) is 7.45. The predicted molar refractivity (Wildman–Crippen MR) is 90.1 cm³/mol. The lowest BCUT2D eigenvalue weighted by Crippen LogP contribution is -2.23. The maximum absolute atomic E-state index is 14.8. The second kappa shape index (κ2) is 5.87. The van der Waals surface area contributed by atoms with E-state index in [0.717, 1.165) is 18.9 Å². The third kappa shape index (κ3) is 2.42. The first-order valence-electron chi connectivity index (χ1n) is 8.75. The molecule has 2 fully saturated rings. The molecule has 0 saturated heterocycles. The zero-order chi connectivity index (χ0) is 21.5. The lowest BCUT2D eigenvalue weighted by Gasteiger charge is -2.11. The summed E-state index contributed by atoms with van der Waals surface area (Å²) in [5.74, 6) is -15.5. The predicted octanol–water partition coefficient (Wildman–Crippen LogP) is 4.24. The number of H-pyrrole nitrogens is 1. The van der Waals surface area contributed by atoms with Gasteiger partial charge < -0.3 is 9.72 Å². The Balaban J connectivity index is 1.55. The fraction of sp³-hybridized carbons (Fsp3) is 0.200. The van der Waals surface area contributed by atoms with Gasteiger partial charge in [-0.1, -0.05) is 12.1 Å². The molecule has 0 amide bonds. The molecule has 30 heavy (non-hydrogen) atoms. The van der Waals surface area contributed by atoms with Crippen molar-refractivity contribution in [2.45, 2.75) is 18.3 Å². The first-order chi connectivity index (χ1) is 14.2. The molecule has 1 N–H and O–H groups in total. The van der Waals surface area contributed by atoms with Crippen molar-refractivity contribution in [2.24, 2.45) is 5.92 Å². The normalized spacial score (nSPS) is 21.5. The van der Waals surface area contributed by atoms with Gasteiger partial charge in [0.25, 0.3) is 5.56 Å². The molecule has 0 radical (unpaired) electrons. The van der Waals surface area contributed by atoms with Gasteiger partial charge in [-0.3, -0.25) is 4.79 Å². The first kappa shape index (κ1) is 18.7. The van der Waals surface area contributed by atoms with E-state index in [1.54, 1.807) is 0 Å². The molecule has 0 spiro atoms.